The number of anilines is 2. The number of nitrogens with one attached hydrogen (secondary N) is 1. The van der Waals surface area contributed by atoms with Crippen LogP contribution in [0, 0.1) is 0 Å². The lowest BCUT2D eigenvalue weighted by Crippen LogP contribution is -2.40. The number of hydrogen-bond donors (Lipinski definition) is 1. The van der Waals surface area contributed by atoms with Crippen molar-refractivity contribution in [1.82, 2.24) is 25.3 Å². The smallest absolute Gasteiger partial charge is 0.247 e. The molecule has 2 aromatic heterocycles. The zero-order chi connectivity index (χ0) is 15.6. The van der Waals surface area contributed by atoms with Gasteiger partial charge in [0.1, 0.15) is 6.04 Å². The Bertz CT molecular complexity index is 832. The minimum Gasteiger partial charge on any atom is -0.343 e. The fraction of sp³-hybridized carbons (Fsp3) is 0.267. The van der Waals surface area contributed by atoms with E-state index >= 15 is 0 Å². The Morgan fingerprint density at radius 3 is 2.91 bits per heavy atom. The molecule has 23 heavy (non-hydrogen) atoms. The molecule has 0 aliphatic carbocycles. The second-order valence-corrected chi connectivity index (χ2v) is 5.42. The number of carbonyl (C=O) groups excluding carboxylic acids is 1. The number of tetrazole rings is 1. The van der Waals surface area contributed by atoms with Crippen molar-refractivity contribution in [3.8, 4) is 0 Å². The molecule has 1 N–H and O–H groups in total. The Labute approximate surface area is 132 Å². The van der Waals surface area contributed by atoms with Gasteiger partial charge in [0.25, 0.3) is 0 Å². The fourth-order valence-corrected chi connectivity index (χ4v) is 2.85. The molecule has 8 heteroatoms. The second kappa shape index (κ2) is 5.64. The van der Waals surface area contributed by atoms with Crippen molar-refractivity contribution in [2.45, 2.75) is 18.9 Å². The van der Waals surface area contributed by atoms with Gasteiger partial charge in [-0.25, -0.2) is 0 Å². The molecule has 8 nitrogen and oxygen atoms in total. The van der Waals surface area contributed by atoms with Crippen molar-refractivity contribution in [3.05, 3.63) is 42.5 Å². The number of fused-ring (bicyclic) bond motifs is 1. The van der Waals surface area contributed by atoms with Gasteiger partial charge in [0, 0.05) is 12.2 Å². The van der Waals surface area contributed by atoms with E-state index in [1.807, 2.05) is 41.3 Å². The first-order valence-electron chi connectivity index (χ1n) is 7.49. The average molecular weight is 309 g/mol. The Morgan fingerprint density at radius 1 is 1.17 bits per heavy atom. The van der Waals surface area contributed by atoms with Gasteiger partial charge in [0.2, 0.25) is 5.91 Å². The number of benzene rings is 1. The average Bonchev–Trinajstić information content (AvgIpc) is 3.24. The normalized spacial score (nSPS) is 17.6. The molecule has 0 spiro atoms. The van der Waals surface area contributed by atoms with Gasteiger partial charge in [-0.1, -0.05) is 18.2 Å². The Balaban J connectivity index is 1.57. The molecular formula is C15H15N7O. The van der Waals surface area contributed by atoms with Crippen LogP contribution >= 0.6 is 0 Å². The number of hydrogen-bond acceptors (Lipinski definition) is 6. The highest BCUT2D eigenvalue weighted by atomic mass is 16.2. The lowest BCUT2D eigenvalue weighted by molar-refractivity contribution is -0.117. The van der Waals surface area contributed by atoms with Crippen molar-refractivity contribution in [2.75, 3.05) is 16.8 Å². The van der Waals surface area contributed by atoms with Crippen LogP contribution in [0.25, 0.3) is 5.65 Å². The highest BCUT2D eigenvalue weighted by Crippen LogP contribution is 2.24. The molecule has 1 aliphatic rings. The molecule has 1 saturated heterocycles. The van der Waals surface area contributed by atoms with Crippen LogP contribution in [0.4, 0.5) is 11.5 Å². The molecule has 3 aromatic rings. The van der Waals surface area contributed by atoms with Gasteiger partial charge in [0.05, 0.1) is 0 Å². The zero-order valence-corrected chi connectivity index (χ0v) is 12.3. The van der Waals surface area contributed by atoms with Crippen LogP contribution in [0.5, 0.6) is 0 Å². The van der Waals surface area contributed by atoms with Crippen molar-refractivity contribution in [1.29, 1.82) is 0 Å². The summed E-state index contributed by atoms with van der Waals surface area (Å²) in [6.07, 6.45) is 1.75. The van der Waals surface area contributed by atoms with E-state index in [2.05, 4.69) is 25.9 Å². The Morgan fingerprint density at radius 2 is 2.04 bits per heavy atom. The minimum atomic E-state index is -0.239. The lowest BCUT2D eigenvalue weighted by Gasteiger charge is -2.24. The van der Waals surface area contributed by atoms with E-state index in [9.17, 15) is 4.79 Å². The highest BCUT2D eigenvalue weighted by Gasteiger charge is 2.32. The van der Waals surface area contributed by atoms with E-state index in [0.29, 0.717) is 11.5 Å². The number of para-hydroxylation sites is 1. The number of nitrogens with zero attached hydrogens (tertiary/aromatic N) is 6. The summed E-state index contributed by atoms with van der Waals surface area (Å²) < 4.78 is 1.37. The van der Waals surface area contributed by atoms with Crippen LogP contribution < -0.4 is 10.2 Å². The van der Waals surface area contributed by atoms with Gasteiger partial charge in [-0.15, -0.1) is 14.8 Å². The molecule has 1 aliphatic heterocycles. The first kappa shape index (κ1) is 13.6. The van der Waals surface area contributed by atoms with E-state index in [4.69, 9.17) is 0 Å². The SMILES string of the molecule is O=C(Nc1ccccc1)[C@@H]1CCCN1c1ccc2nnnn2n1. The van der Waals surface area contributed by atoms with Crippen LogP contribution in [0.3, 0.4) is 0 Å². The molecular weight excluding hydrogens is 294 g/mol. The van der Waals surface area contributed by atoms with Crippen LogP contribution in [-0.4, -0.2) is 43.7 Å². The third-order valence-corrected chi connectivity index (χ3v) is 3.95. The third kappa shape index (κ3) is 2.59. The molecule has 0 radical (unpaired) electrons. The maximum Gasteiger partial charge on any atom is 0.247 e. The summed E-state index contributed by atoms with van der Waals surface area (Å²) in [5, 5.41) is 18.6. The summed E-state index contributed by atoms with van der Waals surface area (Å²) in [4.78, 5) is 14.6. The number of aromatic nitrogens is 5. The maximum atomic E-state index is 12.6. The summed E-state index contributed by atoms with van der Waals surface area (Å²) in [6.45, 7) is 0.785. The largest absolute Gasteiger partial charge is 0.343 e. The predicted molar refractivity (Wildman–Crippen MR) is 84.0 cm³/mol. The maximum absolute atomic E-state index is 12.6. The predicted octanol–water partition coefficient (Wildman–Crippen LogP) is 1.13. The summed E-state index contributed by atoms with van der Waals surface area (Å²) in [5.74, 6) is 0.683. The van der Waals surface area contributed by atoms with Gasteiger partial charge in [-0.2, -0.15) is 0 Å². The first-order valence-corrected chi connectivity index (χ1v) is 7.49. The lowest BCUT2D eigenvalue weighted by atomic mass is 10.2. The molecule has 116 valence electrons. The van der Waals surface area contributed by atoms with Crippen molar-refractivity contribution in [3.63, 3.8) is 0 Å². The van der Waals surface area contributed by atoms with Crippen LogP contribution in [0.15, 0.2) is 42.5 Å². The first-order chi connectivity index (χ1) is 11.3. The van der Waals surface area contributed by atoms with Crippen molar-refractivity contribution in [2.24, 2.45) is 0 Å². The molecule has 1 fully saturated rings. The van der Waals surface area contributed by atoms with E-state index < -0.39 is 0 Å². The van der Waals surface area contributed by atoms with Crippen LogP contribution in [0.1, 0.15) is 12.8 Å². The van der Waals surface area contributed by atoms with E-state index in [1.165, 1.54) is 4.63 Å². The quantitative estimate of drug-likeness (QED) is 0.780. The van der Waals surface area contributed by atoms with Gasteiger partial charge in [-0.3, -0.25) is 4.79 Å². The summed E-state index contributed by atoms with van der Waals surface area (Å²) in [5.41, 5.74) is 1.38. The highest BCUT2D eigenvalue weighted by molar-refractivity contribution is 5.97. The molecule has 0 bridgehead atoms. The molecule has 0 saturated carbocycles. The van der Waals surface area contributed by atoms with Crippen LogP contribution in [-0.2, 0) is 4.79 Å². The molecule has 3 heterocycles. The number of amides is 1. The summed E-state index contributed by atoms with van der Waals surface area (Å²) in [7, 11) is 0. The fourth-order valence-electron chi connectivity index (χ4n) is 2.85. The van der Waals surface area contributed by atoms with Gasteiger partial charge in [0.15, 0.2) is 11.5 Å². The van der Waals surface area contributed by atoms with Crippen molar-refractivity contribution < 1.29 is 4.79 Å². The monoisotopic (exact) mass is 309 g/mol. The van der Waals surface area contributed by atoms with E-state index in [1.54, 1.807) is 6.07 Å². The minimum absolute atomic E-state index is 0.0210. The molecule has 1 amide bonds. The topological polar surface area (TPSA) is 88.3 Å². The van der Waals surface area contributed by atoms with E-state index in [0.717, 1.165) is 25.1 Å². The molecule has 1 atom stereocenters. The van der Waals surface area contributed by atoms with Gasteiger partial charge >= 0.3 is 0 Å². The third-order valence-electron chi connectivity index (χ3n) is 3.95. The van der Waals surface area contributed by atoms with Crippen molar-refractivity contribution >= 4 is 23.1 Å². The Kier molecular flexibility index (Phi) is 3.34. The van der Waals surface area contributed by atoms with E-state index in [-0.39, 0.29) is 11.9 Å². The molecule has 0 unspecified atom stereocenters. The number of carbonyl (C=O) groups is 1. The summed E-state index contributed by atoms with van der Waals surface area (Å²) in [6, 6.07) is 12.9. The molecule has 1 aromatic carbocycles. The summed E-state index contributed by atoms with van der Waals surface area (Å²) >= 11 is 0. The van der Waals surface area contributed by atoms with Gasteiger partial charge < -0.3 is 10.2 Å². The van der Waals surface area contributed by atoms with Crippen LogP contribution in [0.2, 0.25) is 0 Å². The number of rotatable bonds is 3. The zero-order valence-electron chi connectivity index (χ0n) is 12.3. The molecule has 4 rings (SSSR count). The van der Waals surface area contributed by atoms with Gasteiger partial charge in [-0.05, 0) is 47.5 Å². The second-order valence-electron chi connectivity index (χ2n) is 5.42. The standard InChI is InChI=1S/C15H15N7O/c23-15(16-11-5-2-1-3-6-11)12-7-4-10-21(12)14-9-8-13-17-19-20-22(13)18-14/h1-3,5-6,8-9,12H,4,7,10H2,(H,16,23)/t12-/m0/s1. The Hall–Kier alpha value is -3.03.